The molecular weight excluding hydrogens is 346 g/mol. The highest BCUT2D eigenvalue weighted by atomic mass is 79.9. The molecular formula is C9H11Br2NO2S. The zero-order chi connectivity index (χ0) is 11.4. The van der Waals surface area contributed by atoms with Gasteiger partial charge in [-0.25, -0.2) is 0 Å². The number of rotatable bonds is 5. The second-order valence-corrected chi connectivity index (χ2v) is 6.92. The van der Waals surface area contributed by atoms with E-state index in [1.807, 2.05) is 6.07 Å². The van der Waals surface area contributed by atoms with E-state index in [0.717, 1.165) is 13.1 Å². The summed E-state index contributed by atoms with van der Waals surface area (Å²) >= 11 is 8.39. The number of nitrogens with two attached hydrogens (primary N) is 1. The van der Waals surface area contributed by atoms with Gasteiger partial charge in [-0.2, -0.15) is 0 Å². The van der Waals surface area contributed by atoms with E-state index in [1.165, 1.54) is 0 Å². The maximum atomic E-state index is 10.3. The van der Waals surface area contributed by atoms with Crippen molar-refractivity contribution in [1.82, 2.24) is 0 Å². The molecule has 1 unspecified atom stereocenters. The largest absolute Gasteiger partial charge is 0.481 e. The van der Waals surface area contributed by atoms with E-state index in [1.54, 1.807) is 11.3 Å². The second-order valence-electron chi connectivity index (χ2n) is 3.17. The van der Waals surface area contributed by atoms with Crippen LogP contribution < -0.4 is 5.73 Å². The molecule has 0 saturated heterocycles. The van der Waals surface area contributed by atoms with Crippen LogP contribution in [-0.2, 0) is 4.79 Å². The molecule has 0 amide bonds. The van der Waals surface area contributed by atoms with Crippen molar-refractivity contribution in [2.75, 3.05) is 0 Å². The Morgan fingerprint density at radius 3 is 2.73 bits per heavy atom. The van der Waals surface area contributed by atoms with Crippen LogP contribution in [0.15, 0.2) is 13.6 Å². The Morgan fingerprint density at radius 1 is 1.60 bits per heavy atom. The van der Waals surface area contributed by atoms with Gasteiger partial charge in [-0.3, -0.25) is 4.79 Å². The molecule has 3 nitrogen and oxygen atoms in total. The molecule has 1 rings (SSSR count). The molecule has 15 heavy (non-hydrogen) atoms. The molecule has 0 aliphatic carbocycles. The lowest BCUT2D eigenvalue weighted by molar-refractivity contribution is -0.137. The molecule has 84 valence electrons. The first-order chi connectivity index (χ1) is 7.00. The van der Waals surface area contributed by atoms with Gasteiger partial charge in [0.2, 0.25) is 0 Å². The van der Waals surface area contributed by atoms with Crippen LogP contribution >= 0.6 is 43.2 Å². The van der Waals surface area contributed by atoms with Crippen molar-refractivity contribution in [2.24, 2.45) is 5.73 Å². The monoisotopic (exact) mass is 355 g/mol. The fraction of sp³-hybridized carbons (Fsp3) is 0.444. The topological polar surface area (TPSA) is 63.3 Å². The minimum atomic E-state index is -0.771. The summed E-state index contributed by atoms with van der Waals surface area (Å²) in [6.45, 7) is 0. The minimum absolute atomic E-state index is 0.0960. The molecule has 0 bridgehead atoms. The van der Waals surface area contributed by atoms with Crippen molar-refractivity contribution in [2.45, 2.75) is 25.3 Å². The van der Waals surface area contributed by atoms with E-state index in [-0.39, 0.29) is 12.5 Å². The van der Waals surface area contributed by atoms with E-state index in [9.17, 15) is 4.79 Å². The van der Waals surface area contributed by atoms with Crippen molar-refractivity contribution in [3.8, 4) is 0 Å². The van der Waals surface area contributed by atoms with Gasteiger partial charge in [-0.1, -0.05) is 0 Å². The summed E-state index contributed by atoms with van der Waals surface area (Å²) in [6, 6.07) is 1.88. The molecule has 0 aromatic carbocycles. The number of carbonyl (C=O) groups is 1. The average molecular weight is 357 g/mol. The Labute approximate surface area is 109 Å². The third kappa shape index (κ3) is 4.22. The molecule has 1 aromatic rings. The van der Waals surface area contributed by atoms with Crippen LogP contribution in [0.2, 0.25) is 0 Å². The summed E-state index contributed by atoms with van der Waals surface area (Å²) in [6.07, 6.45) is 1.47. The van der Waals surface area contributed by atoms with Crippen LogP contribution in [0.4, 0.5) is 0 Å². The highest BCUT2D eigenvalue weighted by Gasteiger charge is 2.13. The number of carboxylic acids is 1. The third-order valence-electron chi connectivity index (χ3n) is 1.99. The molecule has 0 aliphatic rings. The highest BCUT2D eigenvalue weighted by Crippen LogP contribution is 2.36. The van der Waals surface area contributed by atoms with Gasteiger partial charge in [0.25, 0.3) is 0 Å². The molecule has 1 aromatic heterocycles. The number of aliphatic carboxylic acids is 1. The number of thiophene rings is 1. The summed E-state index contributed by atoms with van der Waals surface area (Å²) in [5.74, 6) is -0.771. The molecule has 0 fully saturated rings. The van der Waals surface area contributed by atoms with Crippen molar-refractivity contribution in [3.05, 3.63) is 19.2 Å². The maximum absolute atomic E-state index is 10.3. The van der Waals surface area contributed by atoms with Crippen LogP contribution in [0.5, 0.6) is 0 Å². The minimum Gasteiger partial charge on any atom is -0.481 e. The van der Waals surface area contributed by atoms with Crippen molar-refractivity contribution >= 4 is 49.2 Å². The lowest BCUT2D eigenvalue weighted by Gasteiger charge is -2.09. The molecule has 0 radical (unpaired) electrons. The summed E-state index contributed by atoms with van der Waals surface area (Å²) in [5.41, 5.74) is 7.00. The van der Waals surface area contributed by atoms with E-state index in [2.05, 4.69) is 31.9 Å². The molecule has 1 heterocycles. The van der Waals surface area contributed by atoms with Gasteiger partial charge in [0.05, 0.1) is 7.57 Å². The second kappa shape index (κ2) is 5.98. The lowest BCUT2D eigenvalue weighted by atomic mass is 10.1. The van der Waals surface area contributed by atoms with Crippen LogP contribution in [0.3, 0.4) is 0 Å². The lowest BCUT2D eigenvalue weighted by Crippen LogP contribution is -2.10. The van der Waals surface area contributed by atoms with Gasteiger partial charge in [-0.15, -0.1) is 11.3 Å². The van der Waals surface area contributed by atoms with E-state index < -0.39 is 5.97 Å². The molecule has 1 atom stereocenters. The van der Waals surface area contributed by atoms with Gasteiger partial charge in [0.1, 0.15) is 0 Å². The average Bonchev–Trinajstić information content (AvgIpc) is 2.44. The first-order valence-corrected chi connectivity index (χ1v) is 6.83. The zero-order valence-electron chi connectivity index (χ0n) is 7.87. The van der Waals surface area contributed by atoms with Gasteiger partial charge in [0.15, 0.2) is 0 Å². The van der Waals surface area contributed by atoms with E-state index >= 15 is 0 Å². The highest BCUT2D eigenvalue weighted by molar-refractivity contribution is 9.12. The van der Waals surface area contributed by atoms with Crippen molar-refractivity contribution in [3.63, 3.8) is 0 Å². The van der Waals surface area contributed by atoms with Crippen LogP contribution in [-0.4, -0.2) is 11.1 Å². The first kappa shape index (κ1) is 13.2. The quantitative estimate of drug-likeness (QED) is 0.848. The van der Waals surface area contributed by atoms with Crippen LogP contribution in [0.25, 0.3) is 0 Å². The number of hydrogen-bond acceptors (Lipinski definition) is 3. The fourth-order valence-electron chi connectivity index (χ4n) is 1.23. The standard InChI is InChI=1S/C9H11Br2NO2S/c10-7-4-5(9(11)15-7)6(12)2-1-3-8(13)14/h4,6H,1-3,12H2,(H,13,14). The van der Waals surface area contributed by atoms with Gasteiger partial charge in [-0.05, 0) is 56.3 Å². The Morgan fingerprint density at radius 2 is 2.27 bits per heavy atom. The first-order valence-electron chi connectivity index (χ1n) is 4.43. The zero-order valence-corrected chi connectivity index (χ0v) is 11.9. The smallest absolute Gasteiger partial charge is 0.303 e. The number of hydrogen-bond donors (Lipinski definition) is 2. The third-order valence-corrected chi connectivity index (χ3v) is 4.37. The summed E-state index contributed by atoms with van der Waals surface area (Å²) < 4.78 is 2.04. The summed E-state index contributed by atoms with van der Waals surface area (Å²) in [5, 5.41) is 8.50. The van der Waals surface area contributed by atoms with Crippen LogP contribution in [0, 0.1) is 0 Å². The molecule has 0 aliphatic heterocycles. The van der Waals surface area contributed by atoms with Crippen LogP contribution in [0.1, 0.15) is 30.9 Å². The Hall–Kier alpha value is 0.0900. The SMILES string of the molecule is NC(CCCC(=O)O)c1cc(Br)sc1Br. The molecule has 0 spiro atoms. The predicted octanol–water partition coefficient (Wildman–Crippen LogP) is 3.53. The predicted molar refractivity (Wildman–Crippen MR) is 68.1 cm³/mol. The Kier molecular flexibility index (Phi) is 5.25. The van der Waals surface area contributed by atoms with Crippen molar-refractivity contribution in [1.29, 1.82) is 0 Å². The van der Waals surface area contributed by atoms with E-state index in [0.29, 0.717) is 12.8 Å². The van der Waals surface area contributed by atoms with E-state index in [4.69, 9.17) is 10.8 Å². The molecule has 3 N–H and O–H groups in total. The Balaban J connectivity index is 2.50. The maximum Gasteiger partial charge on any atom is 0.303 e. The summed E-state index contributed by atoms with van der Waals surface area (Å²) in [7, 11) is 0. The normalized spacial score (nSPS) is 12.7. The Bertz CT molecular complexity index is 354. The number of carboxylic acid groups (broad SMARTS) is 1. The molecule has 0 saturated carbocycles. The van der Waals surface area contributed by atoms with Gasteiger partial charge in [0, 0.05) is 12.5 Å². The fourth-order valence-corrected chi connectivity index (χ4v) is 4.24. The van der Waals surface area contributed by atoms with Gasteiger partial charge < -0.3 is 10.8 Å². The number of halogens is 2. The van der Waals surface area contributed by atoms with Crippen molar-refractivity contribution < 1.29 is 9.90 Å². The van der Waals surface area contributed by atoms with Gasteiger partial charge >= 0.3 is 5.97 Å². The summed E-state index contributed by atoms with van der Waals surface area (Å²) in [4.78, 5) is 10.3. The molecule has 6 heteroatoms.